The SMILES string of the molecule is O=C(O)c1ccc2ccc(/C=C/c3ccccc3O)nc2c1. The van der Waals surface area contributed by atoms with E-state index in [0.717, 1.165) is 5.39 Å². The molecule has 108 valence electrons. The van der Waals surface area contributed by atoms with Crippen LogP contribution < -0.4 is 0 Å². The molecule has 0 aliphatic carbocycles. The smallest absolute Gasteiger partial charge is 0.335 e. The Labute approximate surface area is 127 Å². The number of pyridine rings is 1. The summed E-state index contributed by atoms with van der Waals surface area (Å²) in [6, 6.07) is 15.6. The molecule has 1 aromatic heterocycles. The van der Waals surface area contributed by atoms with Gasteiger partial charge < -0.3 is 10.2 Å². The van der Waals surface area contributed by atoms with Crippen LogP contribution in [0.2, 0.25) is 0 Å². The molecule has 0 amide bonds. The molecular formula is C18H13NO3. The molecule has 2 N–H and O–H groups in total. The maximum Gasteiger partial charge on any atom is 0.335 e. The first-order valence-electron chi connectivity index (χ1n) is 6.74. The minimum Gasteiger partial charge on any atom is -0.507 e. The summed E-state index contributed by atoms with van der Waals surface area (Å²) in [5.74, 6) is -0.772. The van der Waals surface area contributed by atoms with E-state index < -0.39 is 5.97 Å². The van der Waals surface area contributed by atoms with E-state index in [1.54, 1.807) is 48.6 Å². The Morgan fingerprint density at radius 1 is 1.00 bits per heavy atom. The van der Waals surface area contributed by atoms with E-state index in [4.69, 9.17) is 5.11 Å². The van der Waals surface area contributed by atoms with Crippen LogP contribution in [0.1, 0.15) is 21.6 Å². The molecule has 0 atom stereocenters. The summed E-state index contributed by atoms with van der Waals surface area (Å²) in [7, 11) is 0. The molecule has 22 heavy (non-hydrogen) atoms. The third kappa shape index (κ3) is 2.81. The van der Waals surface area contributed by atoms with E-state index in [9.17, 15) is 9.90 Å². The van der Waals surface area contributed by atoms with Crippen LogP contribution in [0.3, 0.4) is 0 Å². The highest BCUT2D eigenvalue weighted by atomic mass is 16.4. The van der Waals surface area contributed by atoms with Crippen molar-refractivity contribution in [1.82, 2.24) is 4.98 Å². The van der Waals surface area contributed by atoms with Gasteiger partial charge in [0.15, 0.2) is 0 Å². The van der Waals surface area contributed by atoms with E-state index in [2.05, 4.69) is 4.98 Å². The second kappa shape index (κ2) is 5.69. The zero-order valence-corrected chi connectivity index (χ0v) is 11.6. The van der Waals surface area contributed by atoms with Gasteiger partial charge in [-0.3, -0.25) is 0 Å². The lowest BCUT2D eigenvalue weighted by atomic mass is 10.1. The van der Waals surface area contributed by atoms with Gasteiger partial charge in [-0.1, -0.05) is 30.3 Å². The Hall–Kier alpha value is -3.14. The van der Waals surface area contributed by atoms with Crippen LogP contribution in [0.25, 0.3) is 23.1 Å². The van der Waals surface area contributed by atoms with Crippen molar-refractivity contribution in [2.75, 3.05) is 0 Å². The summed E-state index contributed by atoms with van der Waals surface area (Å²) in [5, 5.41) is 19.6. The van der Waals surface area contributed by atoms with Crippen molar-refractivity contribution in [3.8, 4) is 5.75 Å². The monoisotopic (exact) mass is 291 g/mol. The van der Waals surface area contributed by atoms with Crippen LogP contribution in [0.5, 0.6) is 5.75 Å². The fourth-order valence-electron chi connectivity index (χ4n) is 2.16. The van der Waals surface area contributed by atoms with E-state index in [0.29, 0.717) is 16.8 Å². The number of carbonyl (C=O) groups is 1. The molecule has 4 nitrogen and oxygen atoms in total. The highest BCUT2D eigenvalue weighted by molar-refractivity contribution is 5.93. The average Bonchev–Trinajstić information content (AvgIpc) is 2.53. The zero-order chi connectivity index (χ0) is 15.5. The number of aromatic carboxylic acids is 1. The van der Waals surface area contributed by atoms with Crippen LogP contribution in [0.4, 0.5) is 0 Å². The molecule has 0 aliphatic rings. The van der Waals surface area contributed by atoms with Crippen LogP contribution in [-0.2, 0) is 0 Å². The number of phenolic OH excluding ortho intramolecular Hbond substituents is 1. The molecule has 0 unspecified atom stereocenters. The molecule has 1 heterocycles. The number of hydrogen-bond donors (Lipinski definition) is 2. The maximum absolute atomic E-state index is 11.0. The Morgan fingerprint density at radius 3 is 2.55 bits per heavy atom. The molecule has 2 aromatic carbocycles. The first-order chi connectivity index (χ1) is 10.6. The molecule has 0 radical (unpaired) electrons. The molecule has 0 bridgehead atoms. The molecule has 3 rings (SSSR count). The van der Waals surface area contributed by atoms with E-state index in [1.807, 2.05) is 18.2 Å². The summed E-state index contributed by atoms with van der Waals surface area (Å²) in [5.41, 5.74) is 2.23. The maximum atomic E-state index is 11.0. The number of carboxylic acid groups (broad SMARTS) is 1. The fraction of sp³-hybridized carbons (Fsp3) is 0. The number of fused-ring (bicyclic) bond motifs is 1. The number of phenols is 1. The predicted octanol–water partition coefficient (Wildman–Crippen LogP) is 3.81. The number of carboxylic acids is 1. The van der Waals surface area contributed by atoms with Gasteiger partial charge in [-0.05, 0) is 36.4 Å². The number of hydrogen-bond acceptors (Lipinski definition) is 3. The van der Waals surface area contributed by atoms with Gasteiger partial charge in [0.1, 0.15) is 5.75 Å². The number of aromatic hydroxyl groups is 1. The third-order valence-corrected chi connectivity index (χ3v) is 3.33. The van der Waals surface area contributed by atoms with Crippen molar-refractivity contribution in [2.24, 2.45) is 0 Å². The lowest BCUT2D eigenvalue weighted by Gasteiger charge is -2.01. The van der Waals surface area contributed by atoms with Gasteiger partial charge >= 0.3 is 5.97 Å². The van der Waals surface area contributed by atoms with Crippen molar-refractivity contribution in [1.29, 1.82) is 0 Å². The summed E-state index contributed by atoms with van der Waals surface area (Å²) < 4.78 is 0. The predicted molar refractivity (Wildman–Crippen MR) is 85.7 cm³/mol. The lowest BCUT2D eigenvalue weighted by Crippen LogP contribution is -1.96. The lowest BCUT2D eigenvalue weighted by molar-refractivity contribution is 0.0697. The van der Waals surface area contributed by atoms with Crippen molar-refractivity contribution in [2.45, 2.75) is 0 Å². The summed E-state index contributed by atoms with van der Waals surface area (Å²) in [6.45, 7) is 0. The minimum absolute atomic E-state index is 0.202. The zero-order valence-electron chi connectivity index (χ0n) is 11.6. The van der Waals surface area contributed by atoms with Gasteiger partial charge in [-0.2, -0.15) is 0 Å². The fourth-order valence-corrected chi connectivity index (χ4v) is 2.16. The topological polar surface area (TPSA) is 70.4 Å². The normalized spacial score (nSPS) is 11.1. The van der Waals surface area contributed by atoms with Crippen LogP contribution in [0.15, 0.2) is 54.6 Å². The van der Waals surface area contributed by atoms with Gasteiger partial charge in [-0.25, -0.2) is 9.78 Å². The third-order valence-electron chi connectivity index (χ3n) is 3.33. The Morgan fingerprint density at radius 2 is 1.77 bits per heavy atom. The molecule has 0 saturated carbocycles. The molecular weight excluding hydrogens is 278 g/mol. The largest absolute Gasteiger partial charge is 0.507 e. The van der Waals surface area contributed by atoms with Gasteiger partial charge in [-0.15, -0.1) is 0 Å². The molecule has 0 aliphatic heterocycles. The van der Waals surface area contributed by atoms with Crippen molar-refractivity contribution in [3.05, 3.63) is 71.4 Å². The van der Waals surface area contributed by atoms with Gasteiger partial charge in [0.25, 0.3) is 0 Å². The second-order valence-electron chi connectivity index (χ2n) is 4.84. The second-order valence-corrected chi connectivity index (χ2v) is 4.84. The molecule has 0 saturated heterocycles. The Kier molecular flexibility index (Phi) is 3.58. The highest BCUT2D eigenvalue weighted by Gasteiger charge is 2.04. The summed E-state index contributed by atoms with van der Waals surface area (Å²) >= 11 is 0. The molecule has 4 heteroatoms. The number of para-hydroxylation sites is 1. The Bertz CT molecular complexity index is 884. The van der Waals surface area contributed by atoms with Crippen LogP contribution in [-0.4, -0.2) is 21.2 Å². The first kappa shape index (κ1) is 13.8. The van der Waals surface area contributed by atoms with E-state index in [1.165, 1.54) is 0 Å². The average molecular weight is 291 g/mol. The van der Waals surface area contributed by atoms with Gasteiger partial charge in [0.05, 0.1) is 16.8 Å². The Balaban J connectivity index is 1.97. The van der Waals surface area contributed by atoms with Crippen LogP contribution >= 0.6 is 0 Å². The van der Waals surface area contributed by atoms with E-state index in [-0.39, 0.29) is 11.3 Å². The standard InChI is InChI=1S/C18H13NO3/c20-17-4-2-1-3-13(17)8-10-15-9-7-12-5-6-14(18(21)22)11-16(12)19-15/h1-11,20H,(H,21,22)/b10-8+. The summed E-state index contributed by atoms with van der Waals surface area (Å²) in [6.07, 6.45) is 3.55. The summed E-state index contributed by atoms with van der Waals surface area (Å²) in [4.78, 5) is 15.4. The number of nitrogens with zero attached hydrogens (tertiary/aromatic N) is 1. The van der Waals surface area contributed by atoms with Crippen molar-refractivity contribution < 1.29 is 15.0 Å². The number of benzene rings is 2. The van der Waals surface area contributed by atoms with Crippen molar-refractivity contribution in [3.63, 3.8) is 0 Å². The van der Waals surface area contributed by atoms with Crippen LogP contribution in [0, 0.1) is 0 Å². The molecule has 0 spiro atoms. The van der Waals surface area contributed by atoms with Gasteiger partial charge in [0, 0.05) is 10.9 Å². The molecule has 0 fully saturated rings. The first-order valence-corrected chi connectivity index (χ1v) is 6.74. The van der Waals surface area contributed by atoms with Gasteiger partial charge in [0.2, 0.25) is 0 Å². The highest BCUT2D eigenvalue weighted by Crippen LogP contribution is 2.20. The number of rotatable bonds is 3. The number of aromatic nitrogens is 1. The van der Waals surface area contributed by atoms with Crippen molar-refractivity contribution >= 4 is 29.0 Å². The molecule has 3 aromatic rings. The van der Waals surface area contributed by atoms with E-state index >= 15 is 0 Å². The quantitative estimate of drug-likeness (QED) is 0.769. The minimum atomic E-state index is -0.973.